The van der Waals surface area contributed by atoms with Gasteiger partial charge in [-0.3, -0.25) is 4.79 Å². The number of H-pyrrole nitrogens is 1. The molecule has 0 bridgehead atoms. The second-order valence-electron chi connectivity index (χ2n) is 4.41. The molecule has 1 amide bonds. The third kappa shape index (κ3) is 2.75. The Morgan fingerprint density at radius 2 is 2.24 bits per heavy atom. The average Bonchev–Trinajstić information content (AvgIpc) is 3.10. The quantitative estimate of drug-likeness (QED) is 0.695. The standard InChI is InChI=1S/C14H12ClN5O/c15-9-2-3-13(20-5-1-4-18-20)11(6-9)19-14(21)12-7-10(16)8-17-12/h1-8,17H,16H2,(H,19,21). The number of nitrogen functional groups attached to an aromatic ring is 1. The summed E-state index contributed by atoms with van der Waals surface area (Å²) < 4.78 is 1.65. The van der Waals surface area contributed by atoms with Crippen LogP contribution in [0.3, 0.4) is 0 Å². The lowest BCUT2D eigenvalue weighted by Crippen LogP contribution is -2.14. The molecule has 2 aromatic heterocycles. The lowest BCUT2D eigenvalue weighted by molar-refractivity contribution is 0.102. The summed E-state index contributed by atoms with van der Waals surface area (Å²) in [5, 5.41) is 7.47. The molecule has 1 aromatic carbocycles. The summed E-state index contributed by atoms with van der Waals surface area (Å²) in [6, 6.07) is 8.55. The monoisotopic (exact) mass is 301 g/mol. The number of aromatic nitrogens is 3. The van der Waals surface area contributed by atoms with Crippen LogP contribution in [-0.2, 0) is 0 Å². The van der Waals surface area contributed by atoms with Gasteiger partial charge in [0.2, 0.25) is 0 Å². The number of carbonyl (C=O) groups is 1. The Bertz CT molecular complexity index is 779. The second-order valence-corrected chi connectivity index (χ2v) is 4.85. The molecule has 2 heterocycles. The molecular formula is C14H12ClN5O. The minimum Gasteiger partial charge on any atom is -0.397 e. The van der Waals surface area contributed by atoms with E-state index in [9.17, 15) is 4.79 Å². The molecule has 0 aliphatic heterocycles. The van der Waals surface area contributed by atoms with E-state index in [1.807, 2.05) is 0 Å². The Morgan fingerprint density at radius 1 is 1.38 bits per heavy atom. The molecule has 0 aliphatic rings. The van der Waals surface area contributed by atoms with E-state index in [2.05, 4.69) is 15.4 Å². The highest BCUT2D eigenvalue weighted by Gasteiger charge is 2.12. The molecule has 0 saturated heterocycles. The summed E-state index contributed by atoms with van der Waals surface area (Å²) in [5.74, 6) is -0.303. The van der Waals surface area contributed by atoms with Crippen molar-refractivity contribution in [3.8, 4) is 5.69 Å². The van der Waals surface area contributed by atoms with Crippen LogP contribution >= 0.6 is 11.6 Å². The number of nitrogens with zero attached hydrogens (tertiary/aromatic N) is 2. The third-order valence-corrected chi connectivity index (χ3v) is 3.14. The van der Waals surface area contributed by atoms with E-state index >= 15 is 0 Å². The molecule has 4 N–H and O–H groups in total. The highest BCUT2D eigenvalue weighted by atomic mass is 35.5. The summed E-state index contributed by atoms with van der Waals surface area (Å²) in [7, 11) is 0. The minimum atomic E-state index is -0.303. The highest BCUT2D eigenvalue weighted by molar-refractivity contribution is 6.31. The van der Waals surface area contributed by atoms with E-state index in [0.717, 1.165) is 5.69 Å². The molecule has 0 aliphatic carbocycles. The number of benzene rings is 1. The third-order valence-electron chi connectivity index (χ3n) is 2.91. The van der Waals surface area contributed by atoms with Gasteiger partial charge in [0.1, 0.15) is 5.69 Å². The Balaban J connectivity index is 1.94. The van der Waals surface area contributed by atoms with Gasteiger partial charge in [0.25, 0.3) is 5.91 Å². The fourth-order valence-electron chi connectivity index (χ4n) is 1.95. The first-order valence-electron chi connectivity index (χ1n) is 6.18. The van der Waals surface area contributed by atoms with Gasteiger partial charge in [0.15, 0.2) is 0 Å². The van der Waals surface area contributed by atoms with Crippen molar-refractivity contribution in [2.24, 2.45) is 0 Å². The van der Waals surface area contributed by atoms with Gasteiger partial charge in [-0.25, -0.2) is 4.68 Å². The van der Waals surface area contributed by atoms with Crippen LogP contribution in [0.15, 0.2) is 48.9 Å². The van der Waals surface area contributed by atoms with Crippen LogP contribution in [0.25, 0.3) is 5.69 Å². The first-order chi connectivity index (χ1) is 10.1. The molecule has 0 fully saturated rings. The van der Waals surface area contributed by atoms with Crippen molar-refractivity contribution in [2.45, 2.75) is 0 Å². The number of hydrogen-bond donors (Lipinski definition) is 3. The van der Waals surface area contributed by atoms with Crippen molar-refractivity contribution >= 4 is 28.9 Å². The normalized spacial score (nSPS) is 10.5. The fourth-order valence-corrected chi connectivity index (χ4v) is 2.12. The van der Waals surface area contributed by atoms with Gasteiger partial charge in [-0.2, -0.15) is 5.10 Å². The van der Waals surface area contributed by atoms with Gasteiger partial charge in [-0.05, 0) is 30.3 Å². The molecule has 106 valence electrons. The first kappa shape index (κ1) is 13.3. The number of nitrogens with two attached hydrogens (primary N) is 1. The van der Waals surface area contributed by atoms with Crippen molar-refractivity contribution in [3.63, 3.8) is 0 Å². The molecule has 0 spiro atoms. The van der Waals surface area contributed by atoms with Crippen LogP contribution < -0.4 is 11.1 Å². The Morgan fingerprint density at radius 3 is 2.90 bits per heavy atom. The van der Waals surface area contributed by atoms with Crippen molar-refractivity contribution in [2.75, 3.05) is 11.1 Å². The molecule has 0 atom stereocenters. The van der Waals surface area contributed by atoms with Gasteiger partial charge in [0, 0.05) is 29.3 Å². The van der Waals surface area contributed by atoms with Crippen LogP contribution in [-0.4, -0.2) is 20.7 Å². The van der Waals surface area contributed by atoms with Gasteiger partial charge >= 0.3 is 0 Å². The fraction of sp³-hybridized carbons (Fsp3) is 0. The van der Waals surface area contributed by atoms with E-state index < -0.39 is 0 Å². The van der Waals surface area contributed by atoms with Crippen LogP contribution in [0.4, 0.5) is 11.4 Å². The molecule has 7 heteroatoms. The summed E-state index contributed by atoms with van der Waals surface area (Å²) in [4.78, 5) is 15.0. The number of nitrogens with one attached hydrogen (secondary N) is 2. The topological polar surface area (TPSA) is 88.7 Å². The smallest absolute Gasteiger partial charge is 0.272 e. The predicted octanol–water partition coefficient (Wildman–Crippen LogP) is 2.69. The number of carbonyl (C=O) groups excluding carboxylic acids is 1. The lowest BCUT2D eigenvalue weighted by Gasteiger charge is -2.11. The number of halogens is 1. The van der Waals surface area contributed by atoms with E-state index in [-0.39, 0.29) is 5.91 Å². The average molecular weight is 302 g/mol. The van der Waals surface area contributed by atoms with Crippen molar-refractivity contribution in [1.82, 2.24) is 14.8 Å². The molecule has 0 saturated carbocycles. The minimum absolute atomic E-state index is 0.303. The molecule has 3 aromatic rings. The van der Waals surface area contributed by atoms with Crippen LogP contribution in [0.5, 0.6) is 0 Å². The van der Waals surface area contributed by atoms with E-state index in [4.69, 9.17) is 17.3 Å². The number of aromatic amines is 1. The number of rotatable bonds is 3. The highest BCUT2D eigenvalue weighted by Crippen LogP contribution is 2.24. The van der Waals surface area contributed by atoms with E-state index in [0.29, 0.717) is 22.1 Å². The first-order valence-corrected chi connectivity index (χ1v) is 6.56. The predicted molar refractivity (Wildman–Crippen MR) is 81.7 cm³/mol. The summed E-state index contributed by atoms with van der Waals surface area (Å²) in [6.07, 6.45) is 5.00. The maximum Gasteiger partial charge on any atom is 0.272 e. The lowest BCUT2D eigenvalue weighted by atomic mass is 10.2. The zero-order chi connectivity index (χ0) is 14.8. The number of anilines is 2. The molecule has 6 nitrogen and oxygen atoms in total. The van der Waals surface area contributed by atoms with E-state index in [1.54, 1.807) is 53.6 Å². The van der Waals surface area contributed by atoms with Crippen LogP contribution in [0, 0.1) is 0 Å². The molecule has 0 radical (unpaired) electrons. The zero-order valence-corrected chi connectivity index (χ0v) is 11.6. The number of amides is 1. The molecule has 0 unspecified atom stereocenters. The van der Waals surface area contributed by atoms with Gasteiger partial charge in [-0.1, -0.05) is 11.6 Å². The van der Waals surface area contributed by atoms with Crippen LogP contribution in [0.1, 0.15) is 10.5 Å². The molecule has 3 rings (SSSR count). The molecular weight excluding hydrogens is 290 g/mol. The Hall–Kier alpha value is -2.73. The Kier molecular flexibility index (Phi) is 3.37. The maximum atomic E-state index is 12.2. The SMILES string of the molecule is Nc1c[nH]c(C(=O)Nc2cc(Cl)ccc2-n2cccn2)c1. The maximum absolute atomic E-state index is 12.2. The van der Waals surface area contributed by atoms with Crippen LogP contribution in [0.2, 0.25) is 5.02 Å². The second kappa shape index (κ2) is 5.34. The van der Waals surface area contributed by atoms with E-state index in [1.165, 1.54) is 0 Å². The van der Waals surface area contributed by atoms with Crippen molar-refractivity contribution < 1.29 is 4.79 Å². The molecule has 21 heavy (non-hydrogen) atoms. The van der Waals surface area contributed by atoms with Crippen molar-refractivity contribution in [1.29, 1.82) is 0 Å². The number of hydrogen-bond acceptors (Lipinski definition) is 3. The van der Waals surface area contributed by atoms with Crippen molar-refractivity contribution in [3.05, 3.63) is 59.6 Å². The summed E-state index contributed by atoms with van der Waals surface area (Å²) in [5.41, 5.74) is 7.75. The summed E-state index contributed by atoms with van der Waals surface area (Å²) in [6.45, 7) is 0. The van der Waals surface area contributed by atoms with Gasteiger partial charge in [0.05, 0.1) is 11.4 Å². The van der Waals surface area contributed by atoms with Gasteiger partial charge in [-0.15, -0.1) is 0 Å². The summed E-state index contributed by atoms with van der Waals surface area (Å²) >= 11 is 6.00. The largest absolute Gasteiger partial charge is 0.397 e. The zero-order valence-electron chi connectivity index (χ0n) is 10.9. The van der Waals surface area contributed by atoms with Gasteiger partial charge < -0.3 is 16.0 Å². The Labute approximate surface area is 125 Å².